The molecular weight excluding hydrogens is 280 g/mol. The predicted molar refractivity (Wildman–Crippen MR) is 81.2 cm³/mol. The molecule has 2 rings (SSSR count). The van der Waals surface area contributed by atoms with Crippen LogP contribution in [-0.4, -0.2) is 31.3 Å². The zero-order valence-corrected chi connectivity index (χ0v) is 12.6. The van der Waals surface area contributed by atoms with Crippen LogP contribution in [-0.2, 0) is 0 Å². The number of piperidine rings is 1. The Hall–Kier alpha value is -0.710. The van der Waals surface area contributed by atoms with Crippen molar-refractivity contribution in [3.05, 3.63) is 28.8 Å². The van der Waals surface area contributed by atoms with E-state index in [9.17, 15) is 4.79 Å². The van der Waals surface area contributed by atoms with Gasteiger partial charge in [-0.3, -0.25) is 4.79 Å². The monoisotopic (exact) mass is 298 g/mol. The number of hydrogen-bond acceptors (Lipinski definition) is 3. The van der Waals surface area contributed by atoms with Gasteiger partial charge in [-0.1, -0.05) is 18.0 Å². The maximum absolute atomic E-state index is 12.1. The third-order valence-electron chi connectivity index (χ3n) is 3.34. The normalized spacial score (nSPS) is 19.2. The van der Waals surface area contributed by atoms with Crippen LogP contribution >= 0.6 is 23.4 Å². The van der Waals surface area contributed by atoms with E-state index in [0.717, 1.165) is 17.9 Å². The minimum Gasteiger partial charge on any atom is -0.350 e. The number of halogens is 1. The summed E-state index contributed by atoms with van der Waals surface area (Å²) in [6, 6.07) is 5.93. The molecule has 1 unspecified atom stereocenters. The van der Waals surface area contributed by atoms with Gasteiger partial charge in [-0.15, -0.1) is 11.8 Å². The van der Waals surface area contributed by atoms with Crippen molar-refractivity contribution in [2.45, 2.75) is 30.2 Å². The van der Waals surface area contributed by atoms with Crippen molar-refractivity contribution in [3.8, 4) is 0 Å². The van der Waals surface area contributed by atoms with E-state index >= 15 is 0 Å². The molecule has 1 amide bonds. The molecule has 2 N–H and O–H groups in total. The van der Waals surface area contributed by atoms with Crippen LogP contribution in [0.15, 0.2) is 23.1 Å². The van der Waals surface area contributed by atoms with Gasteiger partial charge >= 0.3 is 0 Å². The van der Waals surface area contributed by atoms with E-state index in [4.69, 9.17) is 11.6 Å². The molecular formula is C14H19ClN2OS. The van der Waals surface area contributed by atoms with Crippen LogP contribution in [0.2, 0.25) is 5.02 Å². The third-order valence-corrected chi connectivity index (χ3v) is 4.39. The molecule has 0 aromatic heterocycles. The lowest BCUT2D eigenvalue weighted by atomic mass is 10.1. The molecule has 1 aliphatic heterocycles. The summed E-state index contributed by atoms with van der Waals surface area (Å²) in [6.07, 6.45) is 5.57. The number of carbonyl (C=O) groups is 1. The predicted octanol–water partition coefficient (Wildman–Crippen LogP) is 2.93. The van der Waals surface area contributed by atoms with Crippen molar-refractivity contribution < 1.29 is 4.79 Å². The summed E-state index contributed by atoms with van der Waals surface area (Å²) in [5.74, 6) is -0.0896. The van der Waals surface area contributed by atoms with Crippen LogP contribution in [0.25, 0.3) is 0 Å². The second kappa shape index (κ2) is 7.17. The fourth-order valence-electron chi connectivity index (χ4n) is 2.21. The smallest absolute Gasteiger partial charge is 0.252 e. The van der Waals surface area contributed by atoms with E-state index in [1.807, 2.05) is 18.4 Å². The molecule has 1 aromatic carbocycles. The molecule has 1 heterocycles. The fraction of sp³-hybridized carbons (Fsp3) is 0.500. The lowest BCUT2D eigenvalue weighted by molar-refractivity contribution is 0.0947. The van der Waals surface area contributed by atoms with Crippen molar-refractivity contribution in [3.63, 3.8) is 0 Å². The molecule has 0 spiro atoms. The first-order chi connectivity index (χ1) is 9.20. The van der Waals surface area contributed by atoms with Gasteiger partial charge in [0, 0.05) is 17.5 Å². The highest BCUT2D eigenvalue weighted by atomic mass is 35.5. The Morgan fingerprint density at radius 3 is 3.05 bits per heavy atom. The molecule has 1 aromatic rings. The molecule has 1 saturated heterocycles. The zero-order chi connectivity index (χ0) is 13.7. The lowest BCUT2D eigenvalue weighted by Gasteiger charge is -2.23. The van der Waals surface area contributed by atoms with Crippen LogP contribution in [0.1, 0.15) is 29.6 Å². The van der Waals surface area contributed by atoms with Crippen LogP contribution in [0.3, 0.4) is 0 Å². The summed E-state index contributed by atoms with van der Waals surface area (Å²) < 4.78 is 0. The van der Waals surface area contributed by atoms with Gasteiger partial charge < -0.3 is 10.6 Å². The van der Waals surface area contributed by atoms with Crippen molar-refractivity contribution in [1.29, 1.82) is 0 Å². The molecule has 104 valence electrons. The minimum atomic E-state index is -0.0896. The summed E-state index contributed by atoms with van der Waals surface area (Å²) in [7, 11) is 0. The maximum Gasteiger partial charge on any atom is 0.252 e. The highest BCUT2D eigenvalue weighted by molar-refractivity contribution is 7.98. The standard InChI is InChI=1S/C14H19ClN2OS/c1-19-11-5-6-13(15)12(8-11)14(18)17-9-10-4-2-3-7-16-10/h5-6,8,10,16H,2-4,7,9H2,1H3,(H,17,18). The number of carbonyl (C=O) groups excluding carboxylic acids is 1. The average Bonchev–Trinajstić information content (AvgIpc) is 2.46. The molecule has 0 radical (unpaired) electrons. The highest BCUT2D eigenvalue weighted by Crippen LogP contribution is 2.22. The number of hydrogen-bond donors (Lipinski definition) is 2. The Kier molecular flexibility index (Phi) is 5.55. The summed E-state index contributed by atoms with van der Waals surface area (Å²) in [4.78, 5) is 13.2. The van der Waals surface area contributed by atoms with Crippen molar-refractivity contribution in [2.75, 3.05) is 19.3 Å². The first kappa shape index (κ1) is 14.7. The van der Waals surface area contributed by atoms with E-state index in [1.54, 1.807) is 17.8 Å². The quantitative estimate of drug-likeness (QED) is 0.840. The molecule has 19 heavy (non-hydrogen) atoms. The number of thioether (sulfide) groups is 1. The SMILES string of the molecule is CSc1ccc(Cl)c(C(=O)NCC2CCCCN2)c1. The van der Waals surface area contributed by atoms with Gasteiger partial charge in [-0.25, -0.2) is 0 Å². The molecule has 1 atom stereocenters. The molecule has 0 saturated carbocycles. The third kappa shape index (κ3) is 4.13. The Labute approximate surface area is 123 Å². The average molecular weight is 299 g/mol. The van der Waals surface area contributed by atoms with E-state index in [1.165, 1.54) is 12.8 Å². The van der Waals surface area contributed by atoms with Crippen LogP contribution < -0.4 is 10.6 Å². The summed E-state index contributed by atoms with van der Waals surface area (Å²) >= 11 is 7.69. The summed E-state index contributed by atoms with van der Waals surface area (Å²) in [5, 5.41) is 6.88. The van der Waals surface area contributed by atoms with Gasteiger partial charge in [0.25, 0.3) is 5.91 Å². The molecule has 1 fully saturated rings. The minimum absolute atomic E-state index is 0.0896. The number of benzene rings is 1. The van der Waals surface area contributed by atoms with Crippen molar-refractivity contribution in [2.24, 2.45) is 0 Å². The fourth-order valence-corrected chi connectivity index (χ4v) is 2.86. The summed E-state index contributed by atoms with van der Waals surface area (Å²) in [6.45, 7) is 1.71. The Balaban J connectivity index is 1.95. The van der Waals surface area contributed by atoms with Crippen molar-refractivity contribution in [1.82, 2.24) is 10.6 Å². The lowest BCUT2D eigenvalue weighted by Crippen LogP contribution is -2.43. The van der Waals surface area contributed by atoms with E-state index < -0.39 is 0 Å². The first-order valence-corrected chi connectivity index (χ1v) is 8.16. The molecule has 1 aliphatic rings. The number of amides is 1. The summed E-state index contributed by atoms with van der Waals surface area (Å²) in [5.41, 5.74) is 0.560. The Morgan fingerprint density at radius 1 is 1.53 bits per heavy atom. The molecule has 0 aliphatic carbocycles. The van der Waals surface area contributed by atoms with E-state index in [-0.39, 0.29) is 5.91 Å². The van der Waals surface area contributed by atoms with Gasteiger partial charge in [0.15, 0.2) is 0 Å². The molecule has 3 nitrogen and oxygen atoms in total. The topological polar surface area (TPSA) is 41.1 Å². The van der Waals surface area contributed by atoms with E-state index in [2.05, 4.69) is 10.6 Å². The van der Waals surface area contributed by atoms with Crippen molar-refractivity contribution >= 4 is 29.3 Å². The Morgan fingerprint density at radius 2 is 2.37 bits per heavy atom. The first-order valence-electron chi connectivity index (χ1n) is 6.56. The second-order valence-corrected chi connectivity index (χ2v) is 5.99. The Bertz CT molecular complexity index is 447. The highest BCUT2D eigenvalue weighted by Gasteiger charge is 2.15. The van der Waals surface area contributed by atoms with Gasteiger partial charge in [0.2, 0.25) is 0 Å². The van der Waals surface area contributed by atoms with Crippen LogP contribution in [0, 0.1) is 0 Å². The zero-order valence-electron chi connectivity index (χ0n) is 11.0. The molecule has 0 bridgehead atoms. The van der Waals surface area contributed by atoms with Crippen LogP contribution in [0.4, 0.5) is 0 Å². The van der Waals surface area contributed by atoms with Gasteiger partial charge in [-0.05, 0) is 43.8 Å². The maximum atomic E-state index is 12.1. The van der Waals surface area contributed by atoms with Gasteiger partial charge in [0.1, 0.15) is 0 Å². The van der Waals surface area contributed by atoms with Gasteiger partial charge in [-0.2, -0.15) is 0 Å². The number of rotatable bonds is 4. The second-order valence-electron chi connectivity index (χ2n) is 4.70. The molecule has 5 heteroatoms. The van der Waals surface area contributed by atoms with Gasteiger partial charge in [0.05, 0.1) is 10.6 Å². The number of nitrogens with one attached hydrogen (secondary N) is 2. The van der Waals surface area contributed by atoms with Crippen LogP contribution in [0.5, 0.6) is 0 Å². The van der Waals surface area contributed by atoms with E-state index in [0.29, 0.717) is 23.2 Å². The largest absolute Gasteiger partial charge is 0.350 e.